The van der Waals surface area contributed by atoms with Gasteiger partial charge in [-0.15, -0.1) is 11.3 Å². The van der Waals surface area contributed by atoms with Crippen LogP contribution in [0.25, 0.3) is 11.1 Å². The lowest BCUT2D eigenvalue weighted by molar-refractivity contribution is -0.747. The molecule has 0 amide bonds. The van der Waals surface area contributed by atoms with Crippen LogP contribution in [0.15, 0.2) is 41.3 Å². The Balaban J connectivity index is 2.01. The maximum Gasteiger partial charge on any atom is 0.344 e. The number of hydrogen-bond donors (Lipinski definition) is 0. The third-order valence-corrected chi connectivity index (χ3v) is 5.97. The Kier molecular flexibility index (Phi) is 3.89. The van der Waals surface area contributed by atoms with Gasteiger partial charge in [0.15, 0.2) is 4.47 Å². The number of thiazole rings is 1. The monoisotopic (exact) mass is 373 g/mol. The number of hydrogen-bond acceptors (Lipinski definition) is 4. The summed E-state index contributed by atoms with van der Waals surface area (Å²) in [6, 6.07) is 8.97. The van der Waals surface area contributed by atoms with Crippen molar-refractivity contribution in [3.8, 4) is 17.0 Å². The first kappa shape index (κ1) is 16.3. The van der Waals surface area contributed by atoms with Crippen LogP contribution in [0.3, 0.4) is 0 Å². The summed E-state index contributed by atoms with van der Waals surface area (Å²) in [5, 5.41) is 13.3. The second kappa shape index (κ2) is 5.97. The summed E-state index contributed by atoms with van der Waals surface area (Å²) >= 11 is 7.37. The first-order chi connectivity index (χ1) is 12.0. The minimum atomic E-state index is -0.253. The van der Waals surface area contributed by atoms with Gasteiger partial charge in [0.1, 0.15) is 11.6 Å². The Morgan fingerprint density at radius 1 is 1.36 bits per heavy atom. The molecule has 2 aromatic heterocycles. The molecule has 0 aliphatic carbocycles. The van der Waals surface area contributed by atoms with E-state index in [1.165, 1.54) is 11.3 Å². The lowest BCUT2D eigenvalue weighted by Crippen LogP contribution is -2.47. The number of benzene rings is 1. The highest BCUT2D eigenvalue weighted by atomic mass is 35.5. The predicted octanol–water partition coefficient (Wildman–Crippen LogP) is 2.62. The van der Waals surface area contributed by atoms with E-state index in [2.05, 4.69) is 4.98 Å². The zero-order valence-corrected chi connectivity index (χ0v) is 15.3. The van der Waals surface area contributed by atoms with Crippen LogP contribution in [-0.2, 0) is 7.05 Å². The summed E-state index contributed by atoms with van der Waals surface area (Å²) in [6.07, 6.45) is 2.47. The maximum absolute atomic E-state index is 13.3. The van der Waals surface area contributed by atoms with Gasteiger partial charge >= 0.3 is 5.56 Å². The SMILES string of the molecule is C[C@@H]1C[C@@H](c2cnc(Cl)s2)[n+]2c([O-])c(-c3ccccc3)c(=O)n(C)c21. The van der Waals surface area contributed by atoms with E-state index in [0.717, 1.165) is 17.1 Å². The van der Waals surface area contributed by atoms with Crippen molar-refractivity contribution >= 4 is 22.9 Å². The molecule has 1 aliphatic heterocycles. The minimum Gasteiger partial charge on any atom is -0.842 e. The molecule has 0 saturated carbocycles. The van der Waals surface area contributed by atoms with Gasteiger partial charge in [-0.2, -0.15) is 4.57 Å². The predicted molar refractivity (Wildman–Crippen MR) is 95.1 cm³/mol. The second-order valence-corrected chi connectivity index (χ2v) is 7.95. The van der Waals surface area contributed by atoms with Crippen LogP contribution in [-0.4, -0.2) is 9.55 Å². The van der Waals surface area contributed by atoms with E-state index in [1.54, 1.807) is 34.5 Å². The molecular weight excluding hydrogens is 358 g/mol. The average molecular weight is 374 g/mol. The fraction of sp³-hybridized carbons (Fsp3) is 0.278. The molecule has 3 aromatic rings. The fourth-order valence-corrected chi connectivity index (χ4v) is 4.74. The molecule has 1 aromatic carbocycles. The van der Waals surface area contributed by atoms with E-state index in [4.69, 9.17) is 11.6 Å². The molecular formula is C18H16ClN3O2S. The van der Waals surface area contributed by atoms with Crippen LogP contribution in [0, 0.1) is 0 Å². The molecule has 1 aliphatic rings. The van der Waals surface area contributed by atoms with Crippen molar-refractivity contribution in [3.05, 3.63) is 62.1 Å². The van der Waals surface area contributed by atoms with Crippen LogP contribution in [0.1, 0.15) is 36.0 Å². The van der Waals surface area contributed by atoms with E-state index in [-0.39, 0.29) is 29.0 Å². The number of halogens is 1. The van der Waals surface area contributed by atoms with Crippen molar-refractivity contribution in [2.45, 2.75) is 25.3 Å². The highest BCUT2D eigenvalue weighted by molar-refractivity contribution is 7.15. The van der Waals surface area contributed by atoms with E-state index in [1.807, 2.05) is 25.1 Å². The van der Waals surface area contributed by atoms with Gasteiger partial charge in [-0.25, -0.2) is 14.3 Å². The zero-order chi connectivity index (χ0) is 17.7. The Labute approximate surface area is 153 Å². The maximum atomic E-state index is 13.3. The third kappa shape index (κ3) is 2.48. The Bertz CT molecular complexity index is 1010. The van der Waals surface area contributed by atoms with Crippen molar-refractivity contribution in [1.82, 2.24) is 9.55 Å². The van der Waals surface area contributed by atoms with Gasteiger partial charge in [0, 0.05) is 12.6 Å². The Hall–Kier alpha value is -2.18. The lowest BCUT2D eigenvalue weighted by atomic mass is 10.1. The molecule has 2 atom stereocenters. The first-order valence-corrected chi connectivity index (χ1v) is 9.20. The van der Waals surface area contributed by atoms with Gasteiger partial charge < -0.3 is 5.11 Å². The highest BCUT2D eigenvalue weighted by Gasteiger charge is 2.40. The summed E-state index contributed by atoms with van der Waals surface area (Å²) in [5.41, 5.74) is 0.600. The molecule has 7 heteroatoms. The van der Waals surface area contributed by atoms with Crippen LogP contribution in [0.5, 0.6) is 5.88 Å². The van der Waals surface area contributed by atoms with Gasteiger partial charge in [0.25, 0.3) is 5.82 Å². The zero-order valence-electron chi connectivity index (χ0n) is 13.8. The summed E-state index contributed by atoms with van der Waals surface area (Å²) in [5.74, 6) is 0.605. The van der Waals surface area contributed by atoms with E-state index in [0.29, 0.717) is 10.0 Å². The van der Waals surface area contributed by atoms with Crippen molar-refractivity contribution in [2.75, 3.05) is 0 Å². The number of nitrogens with zero attached hydrogens (tertiary/aromatic N) is 3. The van der Waals surface area contributed by atoms with E-state index in [9.17, 15) is 9.90 Å². The molecule has 25 heavy (non-hydrogen) atoms. The Morgan fingerprint density at radius 3 is 2.72 bits per heavy atom. The molecule has 0 unspecified atom stereocenters. The van der Waals surface area contributed by atoms with Gasteiger partial charge in [-0.05, 0) is 5.56 Å². The molecule has 0 spiro atoms. The van der Waals surface area contributed by atoms with Gasteiger partial charge in [-0.1, -0.05) is 48.9 Å². The van der Waals surface area contributed by atoms with Crippen molar-refractivity contribution in [3.63, 3.8) is 0 Å². The molecule has 128 valence electrons. The molecule has 5 nitrogen and oxygen atoms in total. The van der Waals surface area contributed by atoms with Gasteiger partial charge in [0.2, 0.25) is 0 Å². The summed E-state index contributed by atoms with van der Waals surface area (Å²) < 4.78 is 3.81. The van der Waals surface area contributed by atoms with Crippen LogP contribution in [0.2, 0.25) is 4.47 Å². The second-order valence-electron chi connectivity index (χ2n) is 6.31. The largest absolute Gasteiger partial charge is 0.842 e. The number of fused-ring (bicyclic) bond motifs is 1. The van der Waals surface area contributed by atoms with Crippen molar-refractivity contribution < 1.29 is 9.67 Å². The van der Waals surface area contributed by atoms with Crippen LogP contribution in [0.4, 0.5) is 0 Å². The summed E-state index contributed by atoms with van der Waals surface area (Å²) in [7, 11) is 1.73. The topological polar surface area (TPSA) is 61.8 Å². The quantitative estimate of drug-likeness (QED) is 0.649. The number of rotatable bonds is 2. The third-order valence-electron chi connectivity index (χ3n) is 4.76. The van der Waals surface area contributed by atoms with Crippen molar-refractivity contribution in [1.29, 1.82) is 0 Å². The minimum absolute atomic E-state index is 0.0982. The Morgan fingerprint density at radius 2 is 2.08 bits per heavy atom. The van der Waals surface area contributed by atoms with E-state index < -0.39 is 0 Å². The van der Waals surface area contributed by atoms with E-state index >= 15 is 0 Å². The lowest BCUT2D eigenvalue weighted by Gasteiger charge is -2.19. The summed E-state index contributed by atoms with van der Waals surface area (Å²) in [4.78, 5) is 17.9. The average Bonchev–Trinajstić information content (AvgIpc) is 3.17. The van der Waals surface area contributed by atoms with Crippen molar-refractivity contribution in [2.24, 2.45) is 7.05 Å². The molecule has 4 rings (SSSR count). The van der Waals surface area contributed by atoms with Gasteiger partial charge in [0.05, 0.1) is 23.7 Å². The standard InChI is InChI=1S/C18H16ClN3O2S/c1-10-8-12(13-9-20-18(19)25-13)22-15(10)21(2)16(23)14(17(22)24)11-6-4-3-5-7-11/h3-7,9-10,12H,8H2,1-2H3/t10-,12+/m1/s1. The normalized spacial score (nSPS) is 19.2. The van der Waals surface area contributed by atoms with Crippen LogP contribution >= 0.6 is 22.9 Å². The first-order valence-electron chi connectivity index (χ1n) is 8.01. The molecule has 0 radical (unpaired) electrons. The number of aromatic nitrogens is 3. The fourth-order valence-electron chi connectivity index (χ4n) is 3.68. The van der Waals surface area contributed by atoms with Gasteiger partial charge in [-0.3, -0.25) is 0 Å². The van der Waals surface area contributed by atoms with Crippen LogP contribution < -0.4 is 15.2 Å². The molecule has 3 heterocycles. The summed E-state index contributed by atoms with van der Waals surface area (Å²) in [6.45, 7) is 2.04. The smallest absolute Gasteiger partial charge is 0.344 e. The molecule has 0 bridgehead atoms. The molecule has 0 saturated heterocycles. The molecule has 0 fully saturated rings. The molecule has 0 N–H and O–H groups in total. The highest BCUT2D eigenvalue weighted by Crippen LogP contribution is 2.38.